The topological polar surface area (TPSA) is 85.4 Å². The molecule has 0 atom stereocenters. The molecule has 0 aromatic carbocycles. The zero-order valence-corrected chi connectivity index (χ0v) is 14.9. The monoisotopic (exact) mass is 358 g/mol. The second kappa shape index (κ2) is 14.7. The highest BCUT2D eigenvalue weighted by Crippen LogP contribution is 2.09. The Morgan fingerprint density at radius 3 is 2.04 bits per heavy atom. The minimum Gasteiger partial charge on any atom is -0.467 e. The summed E-state index contributed by atoms with van der Waals surface area (Å²) in [7, 11) is 0. The highest BCUT2D eigenvalue weighted by Gasteiger charge is 2.12. The van der Waals surface area contributed by atoms with Gasteiger partial charge in [-0.1, -0.05) is 12.8 Å². The molecule has 8 heteroatoms. The first-order chi connectivity index (χ1) is 12.3. The second-order valence-electron chi connectivity index (χ2n) is 6.00. The van der Waals surface area contributed by atoms with Gasteiger partial charge in [-0.2, -0.15) is 0 Å². The average Bonchev–Trinajstić information content (AvgIpc) is 2.88. The maximum Gasteiger partial charge on any atom is 0.307 e. The zero-order valence-electron chi connectivity index (χ0n) is 14.9. The van der Waals surface area contributed by atoms with E-state index in [9.17, 15) is 14.4 Å². The van der Waals surface area contributed by atoms with Gasteiger partial charge in [0.1, 0.15) is 19.8 Å². The molecule has 8 nitrogen and oxygen atoms in total. The summed E-state index contributed by atoms with van der Waals surface area (Å²) in [6, 6.07) is 0. The van der Waals surface area contributed by atoms with E-state index in [1.165, 1.54) is 25.7 Å². The van der Waals surface area contributed by atoms with Crippen molar-refractivity contribution in [2.75, 3.05) is 59.1 Å². The lowest BCUT2D eigenvalue weighted by molar-refractivity contribution is -0.145. The van der Waals surface area contributed by atoms with Crippen LogP contribution < -0.4 is 0 Å². The Labute approximate surface area is 149 Å². The molecule has 0 saturated carbocycles. The standard InChI is InChI=1S/C17H30N2O6/c20-15-23-12-9-19(10-13-24-16-21)8-5-17(22)25-14-11-18-6-3-1-2-4-7-18/h15-16H,1-14H2. The van der Waals surface area contributed by atoms with E-state index in [1.807, 2.05) is 4.90 Å². The number of rotatable bonds is 14. The number of likely N-dealkylation sites (tertiary alicyclic amines) is 1. The van der Waals surface area contributed by atoms with Crippen molar-refractivity contribution in [3.8, 4) is 0 Å². The van der Waals surface area contributed by atoms with E-state index in [-0.39, 0.29) is 25.6 Å². The largest absolute Gasteiger partial charge is 0.467 e. The van der Waals surface area contributed by atoms with Gasteiger partial charge < -0.3 is 14.2 Å². The Bertz CT molecular complexity index is 358. The summed E-state index contributed by atoms with van der Waals surface area (Å²) in [5.74, 6) is -0.243. The van der Waals surface area contributed by atoms with Crippen molar-refractivity contribution in [2.24, 2.45) is 0 Å². The molecule has 0 unspecified atom stereocenters. The molecule has 0 amide bonds. The third-order valence-corrected chi connectivity index (χ3v) is 4.19. The van der Waals surface area contributed by atoms with Crippen LogP contribution in [-0.2, 0) is 28.6 Å². The molecule has 1 rings (SSSR count). The molecule has 0 spiro atoms. The fraction of sp³-hybridized carbons (Fsp3) is 0.824. The SMILES string of the molecule is O=COCCN(CCOC=O)CCC(=O)OCCN1CCCCCC1. The first kappa shape index (κ1) is 21.4. The molecule has 0 aliphatic carbocycles. The smallest absolute Gasteiger partial charge is 0.307 e. The first-order valence-corrected chi connectivity index (χ1v) is 8.97. The highest BCUT2D eigenvalue weighted by atomic mass is 16.5. The number of esters is 1. The van der Waals surface area contributed by atoms with Crippen molar-refractivity contribution in [3.63, 3.8) is 0 Å². The van der Waals surface area contributed by atoms with E-state index in [4.69, 9.17) is 4.74 Å². The van der Waals surface area contributed by atoms with Crippen LogP contribution in [0.5, 0.6) is 0 Å². The number of carbonyl (C=O) groups is 3. The van der Waals surface area contributed by atoms with Gasteiger partial charge in [0.05, 0.1) is 6.42 Å². The van der Waals surface area contributed by atoms with E-state index in [2.05, 4.69) is 14.4 Å². The fourth-order valence-electron chi connectivity index (χ4n) is 2.77. The third-order valence-electron chi connectivity index (χ3n) is 4.19. The highest BCUT2D eigenvalue weighted by molar-refractivity contribution is 5.69. The summed E-state index contributed by atoms with van der Waals surface area (Å²) in [4.78, 5) is 36.5. The Morgan fingerprint density at radius 2 is 1.48 bits per heavy atom. The van der Waals surface area contributed by atoms with Crippen molar-refractivity contribution in [1.29, 1.82) is 0 Å². The molecule has 0 N–H and O–H groups in total. The van der Waals surface area contributed by atoms with Gasteiger partial charge in [-0.3, -0.25) is 24.2 Å². The van der Waals surface area contributed by atoms with Gasteiger partial charge in [-0.25, -0.2) is 0 Å². The van der Waals surface area contributed by atoms with Crippen molar-refractivity contribution >= 4 is 18.9 Å². The van der Waals surface area contributed by atoms with Gasteiger partial charge in [-0.15, -0.1) is 0 Å². The van der Waals surface area contributed by atoms with Gasteiger partial charge >= 0.3 is 5.97 Å². The van der Waals surface area contributed by atoms with Gasteiger partial charge in [-0.05, 0) is 25.9 Å². The van der Waals surface area contributed by atoms with Crippen LogP contribution in [-0.4, -0.2) is 87.8 Å². The minimum atomic E-state index is -0.243. The molecule has 0 bridgehead atoms. The number of carbonyl (C=O) groups excluding carboxylic acids is 3. The van der Waals surface area contributed by atoms with Crippen LogP contribution >= 0.6 is 0 Å². The fourth-order valence-corrected chi connectivity index (χ4v) is 2.77. The molecule has 144 valence electrons. The van der Waals surface area contributed by atoms with E-state index < -0.39 is 0 Å². The molecule has 1 heterocycles. The van der Waals surface area contributed by atoms with Crippen LogP contribution in [0.3, 0.4) is 0 Å². The van der Waals surface area contributed by atoms with Gasteiger partial charge in [0.15, 0.2) is 0 Å². The Balaban J connectivity index is 2.17. The summed E-state index contributed by atoms with van der Waals surface area (Å²) >= 11 is 0. The average molecular weight is 358 g/mol. The van der Waals surface area contributed by atoms with Crippen molar-refractivity contribution in [1.82, 2.24) is 9.80 Å². The molecule has 1 aliphatic heterocycles. The Morgan fingerprint density at radius 1 is 0.880 bits per heavy atom. The van der Waals surface area contributed by atoms with Gasteiger partial charge in [0.2, 0.25) is 0 Å². The molecule has 0 aromatic rings. The summed E-state index contributed by atoms with van der Waals surface area (Å²) < 4.78 is 14.6. The lowest BCUT2D eigenvalue weighted by atomic mass is 10.2. The van der Waals surface area contributed by atoms with Gasteiger partial charge in [0.25, 0.3) is 12.9 Å². The summed E-state index contributed by atoms with van der Waals surface area (Å²) in [6.07, 6.45) is 5.26. The summed E-state index contributed by atoms with van der Waals surface area (Å²) in [5.41, 5.74) is 0. The molecule has 0 radical (unpaired) electrons. The molecule has 0 aromatic heterocycles. The first-order valence-electron chi connectivity index (χ1n) is 8.97. The van der Waals surface area contributed by atoms with Crippen LogP contribution in [0.25, 0.3) is 0 Å². The second-order valence-corrected chi connectivity index (χ2v) is 6.00. The number of ether oxygens (including phenoxy) is 3. The van der Waals surface area contributed by atoms with Crippen LogP contribution in [0.2, 0.25) is 0 Å². The maximum atomic E-state index is 11.9. The van der Waals surface area contributed by atoms with Crippen molar-refractivity contribution in [3.05, 3.63) is 0 Å². The molecule has 1 aliphatic rings. The van der Waals surface area contributed by atoms with Gasteiger partial charge in [0, 0.05) is 26.2 Å². The molecular weight excluding hydrogens is 328 g/mol. The summed E-state index contributed by atoms with van der Waals surface area (Å²) in [5, 5.41) is 0. The molecule has 25 heavy (non-hydrogen) atoms. The van der Waals surface area contributed by atoms with E-state index >= 15 is 0 Å². The van der Waals surface area contributed by atoms with Crippen LogP contribution in [0.1, 0.15) is 32.1 Å². The maximum absolute atomic E-state index is 11.9. The predicted molar refractivity (Wildman–Crippen MR) is 91.0 cm³/mol. The predicted octanol–water partition coefficient (Wildman–Crippen LogP) is 0.444. The molecule has 1 fully saturated rings. The van der Waals surface area contributed by atoms with Crippen LogP contribution in [0.4, 0.5) is 0 Å². The number of nitrogens with zero attached hydrogens (tertiary/aromatic N) is 2. The van der Waals surface area contributed by atoms with Crippen LogP contribution in [0.15, 0.2) is 0 Å². The zero-order chi connectivity index (χ0) is 18.2. The van der Waals surface area contributed by atoms with E-state index in [1.54, 1.807) is 0 Å². The van der Waals surface area contributed by atoms with Crippen LogP contribution in [0, 0.1) is 0 Å². The Kier molecular flexibility index (Phi) is 12.5. The number of hydrogen-bond acceptors (Lipinski definition) is 8. The van der Waals surface area contributed by atoms with Crippen molar-refractivity contribution < 1.29 is 28.6 Å². The third kappa shape index (κ3) is 11.5. The molecule has 1 saturated heterocycles. The normalized spacial score (nSPS) is 15.4. The lowest BCUT2D eigenvalue weighted by Gasteiger charge is -2.21. The number of hydrogen-bond donors (Lipinski definition) is 0. The lowest BCUT2D eigenvalue weighted by Crippen LogP contribution is -2.34. The van der Waals surface area contributed by atoms with Crippen molar-refractivity contribution in [2.45, 2.75) is 32.1 Å². The summed E-state index contributed by atoms with van der Waals surface area (Å²) in [6.45, 7) is 6.02. The van der Waals surface area contributed by atoms with E-state index in [0.717, 1.165) is 19.6 Å². The minimum absolute atomic E-state index is 0.231. The Hall–Kier alpha value is -1.67. The molecular formula is C17H30N2O6. The van der Waals surface area contributed by atoms with E-state index in [0.29, 0.717) is 39.2 Å². The quantitative estimate of drug-likeness (QED) is 0.191.